The molecule has 0 bridgehead atoms. The normalized spacial score (nSPS) is 13.1. The summed E-state index contributed by atoms with van der Waals surface area (Å²) in [4.78, 5) is 52.5. The highest BCUT2D eigenvalue weighted by atomic mass is 127. The van der Waals surface area contributed by atoms with Crippen LogP contribution in [-0.2, 0) is 41.7 Å². The van der Waals surface area contributed by atoms with Crippen LogP contribution >= 0.6 is 22.6 Å². The lowest BCUT2D eigenvalue weighted by Gasteiger charge is -2.29. The number of benzene rings is 2. The van der Waals surface area contributed by atoms with Crippen LogP contribution in [0.3, 0.4) is 0 Å². The molecule has 1 aliphatic heterocycles. The van der Waals surface area contributed by atoms with Crippen molar-refractivity contribution in [3.05, 3.63) is 54.1 Å². The molecule has 0 spiro atoms. The third kappa shape index (κ3) is 13.1. The Balaban J connectivity index is 1.36. The van der Waals surface area contributed by atoms with Crippen molar-refractivity contribution in [2.24, 2.45) is 0 Å². The number of alkyl carbamates (subject to hydrolysis) is 1. The van der Waals surface area contributed by atoms with E-state index in [4.69, 9.17) is 14.2 Å². The van der Waals surface area contributed by atoms with Crippen molar-refractivity contribution >= 4 is 50.0 Å². The Kier molecular flexibility index (Phi) is 16.6. The van der Waals surface area contributed by atoms with Crippen LogP contribution < -0.4 is 20.9 Å². The van der Waals surface area contributed by atoms with Crippen LogP contribution in [0, 0.1) is 0 Å². The first kappa shape index (κ1) is 43.8. The largest absolute Gasteiger partial charge is 0.448 e. The fourth-order valence-corrected chi connectivity index (χ4v) is 6.82. The molecule has 0 aliphatic carbocycles. The van der Waals surface area contributed by atoms with Gasteiger partial charge >= 0.3 is 6.09 Å². The van der Waals surface area contributed by atoms with Gasteiger partial charge in [0.1, 0.15) is 12.3 Å². The van der Waals surface area contributed by atoms with Crippen LogP contribution in [0.4, 0.5) is 10.5 Å². The van der Waals surface area contributed by atoms with E-state index >= 15 is 0 Å². The Morgan fingerprint density at radius 2 is 1.62 bits per heavy atom. The van der Waals surface area contributed by atoms with Crippen LogP contribution in [0.2, 0.25) is 0 Å². The third-order valence-corrected chi connectivity index (χ3v) is 10.6. The molecule has 55 heavy (non-hydrogen) atoms. The number of nitrogens with zero attached hydrogens (tertiary/aromatic N) is 4. The SMILES string of the molecule is CNC(CCCCNC(=O)OCCn1nnc2c1-c1ccccc1CN(C(=O)CCC(=O)NCCC(C)(C)OCCC(C)(C)OC)c1ccccc1-2)C(=O)I. The molecule has 0 fully saturated rings. The summed E-state index contributed by atoms with van der Waals surface area (Å²) in [7, 11) is 3.45. The van der Waals surface area contributed by atoms with Crippen LogP contribution in [0.25, 0.3) is 22.5 Å². The molecule has 1 atom stereocenters. The maximum absolute atomic E-state index is 13.9. The third-order valence-electron chi connectivity index (χ3n) is 9.80. The quantitative estimate of drug-likeness (QED) is 0.0677. The van der Waals surface area contributed by atoms with Crippen molar-refractivity contribution in [3.63, 3.8) is 0 Å². The van der Waals surface area contributed by atoms with Gasteiger partial charge in [-0.2, -0.15) is 0 Å². The molecule has 0 saturated heterocycles. The van der Waals surface area contributed by atoms with Gasteiger partial charge in [0.25, 0.3) is 0 Å². The number of nitrogens with one attached hydrogen (secondary N) is 3. The average molecular weight is 874 g/mol. The molecule has 15 heteroatoms. The fraction of sp³-hybridized carbons (Fsp3) is 0.550. The number of ether oxygens (including phenoxy) is 3. The Hall–Kier alpha value is -3.93. The lowest BCUT2D eigenvalue weighted by Crippen LogP contribution is -2.35. The Bertz CT molecular complexity index is 1760. The number of fused-ring (bicyclic) bond motifs is 5. The van der Waals surface area contributed by atoms with Gasteiger partial charge < -0.3 is 35.1 Å². The van der Waals surface area contributed by atoms with Crippen molar-refractivity contribution in [1.82, 2.24) is 30.9 Å². The molecule has 1 aromatic heterocycles. The predicted molar refractivity (Wildman–Crippen MR) is 220 cm³/mol. The monoisotopic (exact) mass is 873 g/mol. The van der Waals surface area contributed by atoms with E-state index in [9.17, 15) is 19.2 Å². The van der Waals surface area contributed by atoms with E-state index in [-0.39, 0.29) is 59.8 Å². The van der Waals surface area contributed by atoms with Crippen LogP contribution in [0.1, 0.15) is 78.2 Å². The second-order valence-corrected chi connectivity index (χ2v) is 15.9. The van der Waals surface area contributed by atoms with E-state index in [0.717, 1.165) is 41.6 Å². The number of carbonyl (C=O) groups excluding carboxylic acids is 4. The van der Waals surface area contributed by atoms with E-state index in [2.05, 4.69) is 26.3 Å². The first-order chi connectivity index (χ1) is 26.2. The molecular weight excluding hydrogens is 817 g/mol. The molecule has 2 aromatic carbocycles. The molecule has 3 N–H and O–H groups in total. The molecule has 3 amide bonds. The molecule has 300 valence electrons. The maximum atomic E-state index is 13.9. The number of aromatic nitrogens is 3. The summed E-state index contributed by atoms with van der Waals surface area (Å²) in [5.74, 6) is -0.379. The van der Waals surface area contributed by atoms with Crippen molar-refractivity contribution in [3.8, 4) is 22.5 Å². The van der Waals surface area contributed by atoms with Crippen LogP contribution in [-0.4, -0.2) is 94.4 Å². The molecule has 4 rings (SSSR count). The zero-order chi connectivity index (χ0) is 40.0. The minimum Gasteiger partial charge on any atom is -0.448 e. The number of unbranched alkanes of at least 4 members (excludes halogenated alkanes) is 1. The summed E-state index contributed by atoms with van der Waals surface area (Å²) >= 11 is 1.80. The van der Waals surface area contributed by atoms with Crippen molar-refractivity contribution in [2.75, 3.05) is 45.4 Å². The molecule has 14 nitrogen and oxygen atoms in total. The topological polar surface area (TPSA) is 166 Å². The first-order valence-corrected chi connectivity index (χ1v) is 20.0. The number of carbonyl (C=O) groups is 4. The highest BCUT2D eigenvalue weighted by Gasteiger charge is 2.29. The highest BCUT2D eigenvalue weighted by molar-refractivity contribution is 14.1. The van der Waals surface area contributed by atoms with Gasteiger partial charge in [0.15, 0.2) is 0 Å². The van der Waals surface area contributed by atoms with Crippen molar-refractivity contribution < 1.29 is 33.4 Å². The number of methoxy groups -OCH3 is 1. The maximum Gasteiger partial charge on any atom is 0.407 e. The molecular formula is C40H56IN7O7. The van der Waals surface area contributed by atoms with E-state index in [1.54, 1.807) is 46.3 Å². The smallest absolute Gasteiger partial charge is 0.407 e. The number of hydrogen-bond donors (Lipinski definition) is 3. The first-order valence-electron chi connectivity index (χ1n) is 18.9. The predicted octanol–water partition coefficient (Wildman–Crippen LogP) is 5.80. The Morgan fingerprint density at radius 1 is 0.891 bits per heavy atom. The van der Waals surface area contributed by atoms with Gasteiger partial charge in [-0.1, -0.05) is 47.7 Å². The number of halogens is 1. The van der Waals surface area contributed by atoms with Gasteiger partial charge in [0.2, 0.25) is 15.6 Å². The number of hydrogen-bond acceptors (Lipinski definition) is 10. The van der Waals surface area contributed by atoms with E-state index in [1.165, 1.54) is 0 Å². The summed E-state index contributed by atoms with van der Waals surface area (Å²) < 4.78 is 18.8. The lowest BCUT2D eigenvalue weighted by molar-refractivity contribution is -0.125. The molecule has 0 radical (unpaired) electrons. The minimum absolute atomic E-state index is 0.0296. The number of likely N-dealkylation sites (N-methyl/N-ethyl adjacent to an activating group) is 1. The standard InChI is InChI=1S/C40H56IN7O7/c1-39(2,53-6)21-25-55-40(3,4)20-23-43-33(49)18-19-34(50)47-27-28-13-7-8-14-29(28)36-35(30-15-9-10-17-32(30)47)45-46-48(36)24-26-54-38(52)44-22-12-11-16-31(42-5)37(41)51/h7-10,13-15,17,31,42H,11-12,16,18-27H2,1-6H3,(H,43,49)(H,44,52). The average Bonchev–Trinajstić information content (AvgIpc) is 3.56. The lowest BCUT2D eigenvalue weighted by atomic mass is 9.95. The van der Waals surface area contributed by atoms with E-state index < -0.39 is 11.7 Å². The van der Waals surface area contributed by atoms with Gasteiger partial charge in [-0.05, 0) is 78.5 Å². The molecule has 2 heterocycles. The molecule has 1 aliphatic rings. The highest BCUT2D eigenvalue weighted by Crippen LogP contribution is 2.41. The second kappa shape index (κ2) is 20.8. The van der Waals surface area contributed by atoms with Gasteiger partial charge in [0, 0.05) is 66.8 Å². The minimum atomic E-state index is -0.525. The van der Waals surface area contributed by atoms with Gasteiger partial charge in [-0.25, -0.2) is 9.48 Å². The zero-order valence-electron chi connectivity index (χ0n) is 32.9. The Labute approximate surface area is 337 Å². The van der Waals surface area contributed by atoms with Crippen molar-refractivity contribution in [1.29, 1.82) is 0 Å². The summed E-state index contributed by atoms with van der Waals surface area (Å²) in [5.41, 5.74) is 3.82. The summed E-state index contributed by atoms with van der Waals surface area (Å²) in [6, 6.07) is 15.2. The molecule has 0 saturated carbocycles. The van der Waals surface area contributed by atoms with Gasteiger partial charge in [-0.15, -0.1) is 5.10 Å². The summed E-state index contributed by atoms with van der Waals surface area (Å²) in [6.07, 6.45) is 3.14. The zero-order valence-corrected chi connectivity index (χ0v) is 35.1. The van der Waals surface area contributed by atoms with Crippen LogP contribution in [0.15, 0.2) is 48.5 Å². The molecule has 3 aromatic rings. The van der Waals surface area contributed by atoms with E-state index in [1.807, 2.05) is 76.2 Å². The second-order valence-electron chi connectivity index (χ2n) is 14.8. The van der Waals surface area contributed by atoms with E-state index in [0.29, 0.717) is 43.9 Å². The number of amides is 3. The Morgan fingerprint density at radius 3 is 2.35 bits per heavy atom. The molecule has 1 unspecified atom stereocenters. The van der Waals surface area contributed by atoms with Crippen molar-refractivity contribution in [2.45, 2.75) is 103 Å². The number of para-hydroxylation sites is 1. The van der Waals surface area contributed by atoms with Gasteiger partial charge in [-0.3, -0.25) is 14.4 Å². The number of rotatable bonds is 21. The van der Waals surface area contributed by atoms with Gasteiger partial charge in [0.05, 0.1) is 48.3 Å². The number of anilines is 1. The summed E-state index contributed by atoms with van der Waals surface area (Å²) in [6.45, 7) is 10.1. The fourth-order valence-electron chi connectivity index (χ4n) is 6.20. The summed E-state index contributed by atoms with van der Waals surface area (Å²) in [5, 5.41) is 17.7. The van der Waals surface area contributed by atoms with Crippen LogP contribution in [0.5, 0.6) is 0 Å².